The first-order valence-electron chi connectivity index (χ1n) is 9.34. The molecule has 3 heterocycles. The Hall–Kier alpha value is -1.35. The normalized spacial score (nSPS) is 27.4. The lowest BCUT2D eigenvalue weighted by atomic mass is 10.1. The molecule has 2 aliphatic heterocycles. The van der Waals surface area contributed by atoms with Crippen molar-refractivity contribution in [1.82, 2.24) is 4.57 Å². The maximum Gasteiger partial charge on any atom is 0.302 e. The summed E-state index contributed by atoms with van der Waals surface area (Å²) in [5.41, 5.74) is 0.886. The van der Waals surface area contributed by atoms with Gasteiger partial charge in [0.1, 0.15) is 30.1 Å². The van der Waals surface area contributed by atoms with Gasteiger partial charge in [0.15, 0.2) is 17.8 Å². The van der Waals surface area contributed by atoms with E-state index in [1.807, 2.05) is 0 Å². The van der Waals surface area contributed by atoms with Gasteiger partial charge in [-0.3, -0.25) is 9.59 Å². The third-order valence-electron chi connectivity index (χ3n) is 5.17. The molecule has 0 aliphatic carbocycles. The van der Waals surface area contributed by atoms with Crippen molar-refractivity contribution in [3.8, 4) is 0 Å². The second-order valence-corrected chi connectivity index (χ2v) is 8.98. The maximum absolute atomic E-state index is 12.3. The van der Waals surface area contributed by atoms with Gasteiger partial charge in [-0.1, -0.05) is 34.8 Å². The lowest BCUT2D eigenvalue weighted by molar-refractivity contribution is -0.201. The molecule has 162 valence electrons. The van der Waals surface area contributed by atoms with Crippen molar-refractivity contribution < 1.29 is 28.5 Å². The van der Waals surface area contributed by atoms with Crippen LogP contribution in [-0.4, -0.2) is 47.0 Å². The number of carbonyl (C=O) groups excluding carboxylic acids is 2. The van der Waals surface area contributed by atoms with Crippen molar-refractivity contribution in [2.45, 2.75) is 58.0 Å². The summed E-state index contributed by atoms with van der Waals surface area (Å²) in [5.74, 6) is -1.52. The van der Waals surface area contributed by atoms with E-state index < -0.39 is 36.3 Å². The summed E-state index contributed by atoms with van der Waals surface area (Å²) < 4.78 is 25.1. The molecule has 7 nitrogen and oxygen atoms in total. The average Bonchev–Trinajstić information content (AvgIpc) is 3.20. The van der Waals surface area contributed by atoms with Gasteiger partial charge in [0.05, 0.1) is 21.1 Å². The number of aromatic nitrogens is 1. The molecule has 0 saturated carbocycles. The number of esters is 1. The summed E-state index contributed by atoms with van der Waals surface area (Å²) >= 11 is 19.1. The average molecular weight is 477 g/mol. The van der Waals surface area contributed by atoms with E-state index in [9.17, 15) is 9.59 Å². The van der Waals surface area contributed by atoms with Gasteiger partial charge in [0, 0.05) is 12.3 Å². The summed E-state index contributed by atoms with van der Waals surface area (Å²) in [7, 11) is 0. The quantitative estimate of drug-likeness (QED) is 0.467. The fourth-order valence-electron chi connectivity index (χ4n) is 4.06. The first-order valence-corrected chi connectivity index (χ1v) is 10.5. The fraction of sp³-hybridized carbons (Fsp3) is 0.500. The summed E-state index contributed by atoms with van der Waals surface area (Å²) in [6, 6.07) is 3.24. The van der Waals surface area contributed by atoms with Crippen LogP contribution >= 0.6 is 34.8 Å². The number of hydrogen-bond acceptors (Lipinski definition) is 6. The minimum Gasteiger partial charge on any atom is -0.463 e. The number of hydrogen-bond donors (Lipinski definition) is 0. The number of rotatable bonds is 4. The highest BCUT2D eigenvalue weighted by atomic mass is 35.5. The van der Waals surface area contributed by atoms with E-state index in [-0.39, 0.29) is 17.5 Å². The molecular formula is C20H20Cl3NO6. The molecule has 1 aromatic carbocycles. The predicted octanol–water partition coefficient (Wildman–Crippen LogP) is 4.78. The maximum atomic E-state index is 12.3. The number of carbonyl (C=O) groups is 2. The molecule has 0 unspecified atom stereocenters. The molecule has 2 saturated heterocycles. The SMILES string of the molecule is CC(=O)OC[C@H]1O[C@@H](n2c(Cl)c(C(C)=O)c3cc(Cl)c(Cl)cc32)[C@@H]2OC(C)(C)O[C@@H]21. The Morgan fingerprint density at radius 2 is 1.73 bits per heavy atom. The van der Waals surface area contributed by atoms with E-state index in [2.05, 4.69) is 0 Å². The number of Topliss-reactive ketones (excluding diaryl/α,β-unsaturated/α-hetero) is 1. The minimum atomic E-state index is -0.869. The number of ketones is 1. The highest BCUT2D eigenvalue weighted by molar-refractivity contribution is 6.43. The molecule has 2 aliphatic rings. The molecule has 0 amide bonds. The molecule has 0 spiro atoms. The smallest absolute Gasteiger partial charge is 0.302 e. The number of ether oxygens (including phenoxy) is 4. The van der Waals surface area contributed by atoms with Crippen molar-refractivity contribution in [3.63, 3.8) is 0 Å². The second-order valence-electron chi connectivity index (χ2n) is 7.81. The first-order chi connectivity index (χ1) is 14.0. The van der Waals surface area contributed by atoms with Crippen LogP contribution in [0.1, 0.15) is 44.3 Å². The Bertz CT molecular complexity index is 1050. The summed E-state index contributed by atoms with van der Waals surface area (Å²) in [5, 5.41) is 1.36. The molecule has 2 fully saturated rings. The molecule has 4 rings (SSSR count). The minimum absolute atomic E-state index is 0.00455. The van der Waals surface area contributed by atoms with E-state index in [1.165, 1.54) is 13.8 Å². The largest absolute Gasteiger partial charge is 0.463 e. The molecule has 0 radical (unpaired) electrons. The Morgan fingerprint density at radius 1 is 1.10 bits per heavy atom. The monoisotopic (exact) mass is 475 g/mol. The van der Waals surface area contributed by atoms with Crippen LogP contribution in [0.3, 0.4) is 0 Å². The van der Waals surface area contributed by atoms with Crippen LogP contribution in [0.25, 0.3) is 10.9 Å². The first kappa shape index (κ1) is 21.9. The zero-order valence-corrected chi connectivity index (χ0v) is 19.0. The number of fused-ring (bicyclic) bond motifs is 2. The topological polar surface area (TPSA) is 76.0 Å². The molecule has 0 bridgehead atoms. The van der Waals surface area contributed by atoms with Crippen LogP contribution in [-0.2, 0) is 23.7 Å². The molecule has 2 aromatic rings. The van der Waals surface area contributed by atoms with E-state index >= 15 is 0 Å². The Labute approximate surface area is 188 Å². The van der Waals surface area contributed by atoms with E-state index in [4.69, 9.17) is 53.8 Å². The summed E-state index contributed by atoms with van der Waals surface area (Å²) in [6.07, 6.45) is -2.37. The number of nitrogens with zero attached hydrogens (tertiary/aromatic N) is 1. The Balaban J connectivity index is 1.85. The molecule has 1 aromatic heterocycles. The van der Waals surface area contributed by atoms with Crippen molar-refractivity contribution in [1.29, 1.82) is 0 Å². The van der Waals surface area contributed by atoms with E-state index in [0.29, 0.717) is 26.5 Å². The lowest BCUT2D eigenvalue weighted by Crippen LogP contribution is -2.33. The van der Waals surface area contributed by atoms with Crippen LogP contribution in [0.4, 0.5) is 0 Å². The lowest BCUT2D eigenvalue weighted by Gasteiger charge is -2.25. The standard InChI is InChI=1S/C20H20Cl3NO6/c1-8(25)15-10-5-11(21)12(22)6-13(10)24(18(15)23)19-17-16(29-20(3,4)30-17)14(28-19)7-27-9(2)26/h5-6,14,16-17,19H,7H2,1-4H3/t14-,16-,17-,19-/m1/s1. The third kappa shape index (κ3) is 3.61. The Kier molecular flexibility index (Phi) is 5.58. The highest BCUT2D eigenvalue weighted by Gasteiger charge is 2.56. The van der Waals surface area contributed by atoms with Gasteiger partial charge in [-0.05, 0) is 32.9 Å². The van der Waals surface area contributed by atoms with Crippen molar-refractivity contribution >= 4 is 57.5 Å². The molecule has 30 heavy (non-hydrogen) atoms. The number of benzene rings is 1. The highest BCUT2D eigenvalue weighted by Crippen LogP contribution is 2.47. The van der Waals surface area contributed by atoms with Gasteiger partial charge in [0.2, 0.25) is 0 Å². The molecular weight excluding hydrogens is 457 g/mol. The molecule has 0 N–H and O–H groups in total. The van der Waals surface area contributed by atoms with Gasteiger partial charge >= 0.3 is 5.97 Å². The van der Waals surface area contributed by atoms with E-state index in [0.717, 1.165) is 0 Å². The van der Waals surface area contributed by atoms with Gasteiger partial charge in [-0.2, -0.15) is 0 Å². The van der Waals surface area contributed by atoms with Crippen LogP contribution < -0.4 is 0 Å². The fourth-order valence-corrected chi connectivity index (χ4v) is 4.80. The van der Waals surface area contributed by atoms with Gasteiger partial charge in [-0.25, -0.2) is 0 Å². The van der Waals surface area contributed by atoms with Crippen LogP contribution in [0.5, 0.6) is 0 Å². The van der Waals surface area contributed by atoms with Crippen molar-refractivity contribution in [3.05, 3.63) is 32.9 Å². The molecule has 10 heteroatoms. The third-order valence-corrected chi connectivity index (χ3v) is 6.26. The summed E-state index contributed by atoms with van der Waals surface area (Å²) in [6.45, 7) is 6.32. The van der Waals surface area contributed by atoms with Crippen LogP contribution in [0.15, 0.2) is 12.1 Å². The van der Waals surface area contributed by atoms with Gasteiger partial charge in [-0.15, -0.1) is 0 Å². The second kappa shape index (κ2) is 7.65. The molecule has 4 atom stereocenters. The van der Waals surface area contributed by atoms with Crippen molar-refractivity contribution in [2.75, 3.05) is 6.61 Å². The van der Waals surface area contributed by atoms with Crippen LogP contribution in [0.2, 0.25) is 15.2 Å². The van der Waals surface area contributed by atoms with E-state index in [1.54, 1.807) is 30.5 Å². The number of halogens is 3. The van der Waals surface area contributed by atoms with Gasteiger partial charge in [0.25, 0.3) is 0 Å². The Morgan fingerprint density at radius 3 is 2.37 bits per heavy atom. The summed E-state index contributed by atoms with van der Waals surface area (Å²) in [4.78, 5) is 23.7. The zero-order valence-electron chi connectivity index (χ0n) is 16.7. The van der Waals surface area contributed by atoms with Gasteiger partial charge < -0.3 is 23.5 Å². The zero-order chi connectivity index (χ0) is 22.0. The van der Waals surface area contributed by atoms with Crippen LogP contribution in [0, 0.1) is 0 Å². The predicted molar refractivity (Wildman–Crippen MR) is 111 cm³/mol. The van der Waals surface area contributed by atoms with Crippen molar-refractivity contribution in [2.24, 2.45) is 0 Å².